The van der Waals surface area contributed by atoms with Crippen LogP contribution in [-0.2, 0) is 17.8 Å². The maximum Gasteiger partial charge on any atom is 0.236 e. The largest absolute Gasteiger partial charge is 0.339 e. The van der Waals surface area contributed by atoms with E-state index in [-0.39, 0.29) is 5.91 Å². The van der Waals surface area contributed by atoms with Crippen LogP contribution in [0.4, 0.5) is 8.78 Å². The number of piperazine rings is 1. The number of benzene rings is 2. The van der Waals surface area contributed by atoms with Gasteiger partial charge >= 0.3 is 0 Å². The van der Waals surface area contributed by atoms with Crippen LogP contribution in [0.15, 0.2) is 36.4 Å². The maximum absolute atomic E-state index is 14.2. The molecule has 2 aromatic carbocycles. The van der Waals surface area contributed by atoms with E-state index in [1.165, 1.54) is 31.7 Å². The van der Waals surface area contributed by atoms with E-state index in [1.807, 2.05) is 23.1 Å². The number of carbonyl (C=O) groups is 1. The highest BCUT2D eigenvalue weighted by Gasteiger charge is 2.29. The fraction of sp³-hybridized carbons (Fsp3) is 0.500. The first-order chi connectivity index (χ1) is 15.6. The van der Waals surface area contributed by atoms with Crippen LogP contribution in [0.1, 0.15) is 36.8 Å². The molecule has 0 bridgehead atoms. The summed E-state index contributed by atoms with van der Waals surface area (Å²) in [4.78, 5) is 19.7. The minimum absolute atomic E-state index is 0.220. The normalized spacial score (nSPS) is 20.5. The number of nitrogens with zero attached hydrogens (tertiary/aromatic N) is 3. The van der Waals surface area contributed by atoms with Gasteiger partial charge in [0.15, 0.2) is 11.6 Å². The summed E-state index contributed by atoms with van der Waals surface area (Å²) in [5.74, 6) is -1.41. The molecule has 1 aliphatic carbocycles. The Labute approximate surface area is 188 Å². The maximum atomic E-state index is 14.2. The van der Waals surface area contributed by atoms with Gasteiger partial charge in [0.1, 0.15) is 0 Å². The second-order valence-electron chi connectivity index (χ2n) is 9.40. The fourth-order valence-electron chi connectivity index (χ4n) is 5.54. The van der Waals surface area contributed by atoms with Crippen LogP contribution in [-0.4, -0.2) is 65.9 Å². The Bertz CT molecular complexity index is 981. The first-order valence-corrected chi connectivity index (χ1v) is 11.9. The highest BCUT2D eigenvalue weighted by Crippen LogP contribution is 2.29. The van der Waals surface area contributed by atoms with Gasteiger partial charge in [0.25, 0.3) is 0 Å². The van der Waals surface area contributed by atoms with Crippen molar-refractivity contribution in [3.63, 3.8) is 0 Å². The predicted molar refractivity (Wildman–Crippen MR) is 121 cm³/mol. The fourth-order valence-corrected chi connectivity index (χ4v) is 5.54. The van der Waals surface area contributed by atoms with Crippen LogP contribution in [0.25, 0.3) is 11.1 Å². The van der Waals surface area contributed by atoms with Gasteiger partial charge in [-0.2, -0.15) is 0 Å². The van der Waals surface area contributed by atoms with Gasteiger partial charge in [-0.25, -0.2) is 8.78 Å². The van der Waals surface area contributed by atoms with Gasteiger partial charge in [0, 0.05) is 50.9 Å². The molecule has 0 N–H and O–H groups in total. The van der Waals surface area contributed by atoms with Crippen LogP contribution in [0.3, 0.4) is 0 Å². The highest BCUT2D eigenvalue weighted by atomic mass is 19.2. The Morgan fingerprint density at radius 2 is 1.72 bits per heavy atom. The van der Waals surface area contributed by atoms with Crippen LogP contribution in [0.5, 0.6) is 0 Å². The van der Waals surface area contributed by atoms with E-state index in [9.17, 15) is 13.6 Å². The third kappa shape index (κ3) is 4.44. The molecule has 0 unspecified atom stereocenters. The van der Waals surface area contributed by atoms with Gasteiger partial charge in [0.05, 0.1) is 6.54 Å². The Balaban J connectivity index is 1.18. The summed E-state index contributed by atoms with van der Waals surface area (Å²) in [5, 5.41) is 0. The van der Waals surface area contributed by atoms with Crippen LogP contribution in [0.2, 0.25) is 0 Å². The van der Waals surface area contributed by atoms with E-state index >= 15 is 0 Å². The van der Waals surface area contributed by atoms with Crippen molar-refractivity contribution >= 4 is 5.91 Å². The summed E-state index contributed by atoms with van der Waals surface area (Å²) in [7, 11) is 0. The minimum atomic E-state index is -0.825. The lowest BCUT2D eigenvalue weighted by molar-refractivity contribution is -0.134. The van der Waals surface area contributed by atoms with Crippen molar-refractivity contribution in [2.24, 2.45) is 0 Å². The molecule has 3 aliphatic rings. The van der Waals surface area contributed by atoms with Gasteiger partial charge in [-0.05, 0) is 42.0 Å². The number of carbonyl (C=O) groups excluding carboxylic acids is 1. The van der Waals surface area contributed by atoms with E-state index < -0.39 is 11.6 Å². The average Bonchev–Trinajstić information content (AvgIpc) is 3.36. The summed E-state index contributed by atoms with van der Waals surface area (Å²) in [6.45, 7) is 5.63. The Kier molecular flexibility index (Phi) is 6.24. The Morgan fingerprint density at radius 1 is 0.938 bits per heavy atom. The summed E-state index contributed by atoms with van der Waals surface area (Å²) in [6, 6.07) is 10.8. The average molecular weight is 440 g/mol. The second-order valence-corrected chi connectivity index (χ2v) is 9.40. The molecule has 2 aromatic rings. The van der Waals surface area contributed by atoms with Crippen molar-refractivity contribution < 1.29 is 13.6 Å². The number of fused-ring (bicyclic) bond motifs is 1. The van der Waals surface area contributed by atoms with E-state index in [2.05, 4.69) is 9.80 Å². The summed E-state index contributed by atoms with van der Waals surface area (Å²) < 4.78 is 27.8. The second kappa shape index (κ2) is 9.28. The lowest BCUT2D eigenvalue weighted by atomic mass is 9.94. The summed E-state index contributed by atoms with van der Waals surface area (Å²) in [6.07, 6.45) is 6.13. The molecule has 1 amide bonds. The zero-order valence-electron chi connectivity index (χ0n) is 18.5. The smallest absolute Gasteiger partial charge is 0.236 e. The number of rotatable bonds is 4. The van der Waals surface area contributed by atoms with E-state index in [0.717, 1.165) is 68.9 Å². The summed E-state index contributed by atoms with van der Waals surface area (Å²) in [5.41, 5.74) is 3.31. The van der Waals surface area contributed by atoms with E-state index in [1.54, 1.807) is 6.07 Å². The molecular weight excluding hydrogens is 408 g/mol. The van der Waals surface area contributed by atoms with Crippen molar-refractivity contribution in [2.45, 2.75) is 44.7 Å². The molecular formula is C26H31F2N3O. The lowest BCUT2D eigenvalue weighted by Crippen LogP contribution is -2.53. The van der Waals surface area contributed by atoms with E-state index in [0.29, 0.717) is 17.7 Å². The molecule has 0 atom stereocenters. The first-order valence-electron chi connectivity index (χ1n) is 11.9. The molecule has 2 heterocycles. The quantitative estimate of drug-likeness (QED) is 0.719. The molecule has 0 spiro atoms. The first kappa shape index (κ1) is 21.5. The molecule has 1 saturated heterocycles. The molecule has 170 valence electrons. The van der Waals surface area contributed by atoms with Gasteiger partial charge < -0.3 is 4.90 Å². The van der Waals surface area contributed by atoms with Crippen molar-refractivity contribution in [3.8, 4) is 11.1 Å². The van der Waals surface area contributed by atoms with Crippen LogP contribution >= 0.6 is 0 Å². The third-order valence-electron chi connectivity index (χ3n) is 7.43. The minimum Gasteiger partial charge on any atom is -0.339 e. The lowest BCUT2D eigenvalue weighted by Gasteiger charge is -2.39. The highest BCUT2D eigenvalue weighted by molar-refractivity contribution is 5.78. The number of amides is 1. The van der Waals surface area contributed by atoms with Crippen LogP contribution < -0.4 is 0 Å². The molecule has 2 aliphatic heterocycles. The van der Waals surface area contributed by atoms with Crippen molar-refractivity contribution in [2.75, 3.05) is 39.3 Å². The van der Waals surface area contributed by atoms with Crippen molar-refractivity contribution in [1.29, 1.82) is 0 Å². The van der Waals surface area contributed by atoms with Gasteiger partial charge in [-0.1, -0.05) is 43.2 Å². The molecule has 6 heteroatoms. The van der Waals surface area contributed by atoms with E-state index in [4.69, 9.17) is 0 Å². The standard InChI is InChI=1S/C26H31F2N3O/c27-24-7-3-6-23(26(24)28)20-8-9-21-17-29(11-10-19(21)16-20)18-25(32)31-14-12-30(13-15-31)22-4-1-2-5-22/h3,6-9,16,22H,1-2,4-5,10-15,17-18H2. The summed E-state index contributed by atoms with van der Waals surface area (Å²) >= 11 is 0. The number of hydrogen-bond donors (Lipinski definition) is 0. The van der Waals surface area contributed by atoms with Crippen molar-refractivity contribution in [3.05, 3.63) is 59.2 Å². The molecule has 2 fully saturated rings. The van der Waals surface area contributed by atoms with Crippen molar-refractivity contribution in [1.82, 2.24) is 14.7 Å². The Morgan fingerprint density at radius 3 is 2.50 bits per heavy atom. The molecule has 32 heavy (non-hydrogen) atoms. The van der Waals surface area contributed by atoms with Gasteiger partial charge in [-0.3, -0.25) is 14.6 Å². The molecule has 5 rings (SSSR count). The van der Waals surface area contributed by atoms with Gasteiger partial charge in [-0.15, -0.1) is 0 Å². The predicted octanol–water partition coefficient (Wildman–Crippen LogP) is 4.08. The van der Waals surface area contributed by atoms with Gasteiger partial charge in [0.2, 0.25) is 5.91 Å². The van der Waals surface area contributed by atoms with Crippen LogP contribution in [0, 0.1) is 11.6 Å². The SMILES string of the molecule is O=C(CN1CCc2cc(-c3cccc(F)c3F)ccc2C1)N1CCN(C2CCCC2)CC1. The zero-order valence-corrected chi connectivity index (χ0v) is 18.5. The zero-order chi connectivity index (χ0) is 22.1. The molecule has 0 radical (unpaired) electrons. The molecule has 4 nitrogen and oxygen atoms in total. The molecule has 0 aromatic heterocycles. The Hall–Kier alpha value is -2.31. The number of halogens is 2. The molecule has 1 saturated carbocycles. The number of hydrogen-bond acceptors (Lipinski definition) is 3. The monoisotopic (exact) mass is 439 g/mol. The third-order valence-corrected chi connectivity index (χ3v) is 7.43. The topological polar surface area (TPSA) is 26.8 Å².